The van der Waals surface area contributed by atoms with E-state index in [1.54, 1.807) is 11.8 Å². The van der Waals surface area contributed by atoms with E-state index in [1.807, 2.05) is 20.8 Å². The first-order valence-electron chi connectivity index (χ1n) is 11.7. The molecule has 29 heavy (non-hydrogen) atoms. The molecule has 0 aliphatic carbocycles. The maximum Gasteiger partial charge on any atom is 0.500 e. The Morgan fingerprint density at radius 2 is 1.38 bits per heavy atom. The summed E-state index contributed by atoms with van der Waals surface area (Å²) in [5.41, 5.74) is 0. The number of thiol groups is 1. The Morgan fingerprint density at radius 1 is 0.862 bits per heavy atom. The fourth-order valence-corrected chi connectivity index (χ4v) is 7.21. The van der Waals surface area contributed by atoms with Crippen molar-refractivity contribution in [1.29, 1.82) is 0 Å². The van der Waals surface area contributed by atoms with Gasteiger partial charge in [0.1, 0.15) is 0 Å². The van der Waals surface area contributed by atoms with E-state index in [-0.39, 0.29) is 0 Å². The molecule has 0 unspecified atom stereocenters. The fraction of sp³-hybridized carbons (Fsp3) is 0.952. The molecule has 0 heterocycles. The first kappa shape index (κ1) is 31.9. The van der Waals surface area contributed by atoms with E-state index in [0.29, 0.717) is 24.9 Å². The number of unbranched alkanes of at least 4 members (excludes halogenated alkanes) is 6. The SMILES string of the molecule is CCCCCCCCCC(=O)SCC[SiH3].CCO[Si](CCCS)(OCC)OCC. The lowest BCUT2D eigenvalue weighted by Gasteiger charge is -2.28. The molecular formula is C21H48O4S2Si2. The molecule has 0 aromatic rings. The molecule has 0 fully saturated rings. The minimum absolute atomic E-state index is 0.416. The molecule has 0 saturated heterocycles. The summed E-state index contributed by atoms with van der Waals surface area (Å²) in [4.78, 5) is 11.3. The zero-order valence-corrected chi connectivity index (χ0v) is 24.5. The van der Waals surface area contributed by atoms with E-state index in [0.717, 1.165) is 36.8 Å². The lowest BCUT2D eigenvalue weighted by molar-refractivity contribution is -0.111. The lowest BCUT2D eigenvalue weighted by atomic mass is 10.1. The van der Waals surface area contributed by atoms with Crippen molar-refractivity contribution in [2.45, 2.75) is 97.6 Å². The van der Waals surface area contributed by atoms with Gasteiger partial charge in [0.05, 0.1) is 0 Å². The summed E-state index contributed by atoms with van der Waals surface area (Å²) in [6, 6.07) is 2.11. The van der Waals surface area contributed by atoms with Crippen LogP contribution in [0.25, 0.3) is 0 Å². The molecule has 8 heteroatoms. The summed E-state index contributed by atoms with van der Waals surface area (Å²) >= 11 is 5.74. The predicted molar refractivity (Wildman–Crippen MR) is 139 cm³/mol. The number of carbonyl (C=O) groups is 1. The Kier molecular flexibility index (Phi) is 27.4. The summed E-state index contributed by atoms with van der Waals surface area (Å²) in [6.07, 6.45) is 10.9. The van der Waals surface area contributed by atoms with Crippen LogP contribution in [-0.4, -0.2) is 55.5 Å². The van der Waals surface area contributed by atoms with Crippen LogP contribution in [0, 0.1) is 0 Å². The van der Waals surface area contributed by atoms with Crippen molar-refractivity contribution in [2.24, 2.45) is 0 Å². The predicted octanol–water partition coefficient (Wildman–Crippen LogP) is 5.53. The molecule has 0 spiro atoms. The Bertz CT molecular complexity index is 334. The molecule has 0 aliphatic rings. The highest BCUT2D eigenvalue weighted by Gasteiger charge is 2.39. The van der Waals surface area contributed by atoms with Gasteiger partial charge in [-0.3, -0.25) is 4.79 Å². The van der Waals surface area contributed by atoms with Crippen LogP contribution in [0.4, 0.5) is 0 Å². The molecule has 0 rings (SSSR count). The van der Waals surface area contributed by atoms with Gasteiger partial charge in [-0.2, -0.15) is 12.6 Å². The maximum absolute atomic E-state index is 11.3. The van der Waals surface area contributed by atoms with Crippen LogP contribution in [0.5, 0.6) is 0 Å². The summed E-state index contributed by atoms with van der Waals surface area (Å²) < 4.78 is 17.0. The van der Waals surface area contributed by atoms with Crippen LogP contribution in [0.3, 0.4) is 0 Å². The highest BCUT2D eigenvalue weighted by Crippen LogP contribution is 2.18. The number of rotatable bonds is 19. The molecule has 0 N–H and O–H groups in total. The molecule has 0 aromatic carbocycles. The summed E-state index contributed by atoms with van der Waals surface area (Å²) in [6.45, 7) is 10.1. The van der Waals surface area contributed by atoms with Crippen molar-refractivity contribution in [2.75, 3.05) is 31.3 Å². The summed E-state index contributed by atoms with van der Waals surface area (Å²) in [5, 5.41) is 0.416. The first-order valence-corrected chi connectivity index (χ1v) is 16.7. The summed E-state index contributed by atoms with van der Waals surface area (Å²) in [5.74, 6) is 1.91. The van der Waals surface area contributed by atoms with Crippen LogP contribution in [0.2, 0.25) is 12.1 Å². The van der Waals surface area contributed by atoms with Crippen molar-refractivity contribution in [3.05, 3.63) is 0 Å². The van der Waals surface area contributed by atoms with Gasteiger partial charge in [0.15, 0.2) is 5.12 Å². The smallest absolute Gasteiger partial charge is 0.374 e. The van der Waals surface area contributed by atoms with Gasteiger partial charge in [-0.1, -0.05) is 63.3 Å². The third-order valence-corrected chi connectivity index (χ3v) is 10.0. The minimum Gasteiger partial charge on any atom is -0.374 e. The molecule has 0 aliphatic heterocycles. The maximum atomic E-state index is 11.3. The number of thioether (sulfide) groups is 1. The largest absolute Gasteiger partial charge is 0.500 e. The molecule has 0 aromatic heterocycles. The van der Waals surface area contributed by atoms with Gasteiger partial charge in [0, 0.05) is 42.5 Å². The van der Waals surface area contributed by atoms with E-state index >= 15 is 0 Å². The van der Waals surface area contributed by atoms with Crippen LogP contribution >= 0.6 is 24.4 Å². The number of carbonyl (C=O) groups excluding carboxylic acids is 1. The molecule has 0 bridgehead atoms. The van der Waals surface area contributed by atoms with Crippen molar-refractivity contribution < 1.29 is 18.1 Å². The summed E-state index contributed by atoms with van der Waals surface area (Å²) in [7, 11) is -1.14. The fourth-order valence-electron chi connectivity index (χ4n) is 2.81. The molecule has 0 atom stereocenters. The van der Waals surface area contributed by atoms with Crippen LogP contribution in [0.1, 0.15) is 85.5 Å². The molecule has 0 saturated carbocycles. The van der Waals surface area contributed by atoms with Gasteiger partial charge in [0.2, 0.25) is 0 Å². The standard InChI is InChI=1S/C12H26OSSi.C9H22O3SSi/c1-2-3-4-5-6-7-8-9-12(13)14-10-11-15;1-4-10-14(11-5-2,12-6-3)9-7-8-13/h2-11H2,1,15H3;13H,4-9H2,1-3H3. The van der Waals surface area contributed by atoms with Gasteiger partial charge in [-0.05, 0) is 45.1 Å². The third-order valence-electron chi connectivity index (χ3n) is 4.19. The molecule has 0 radical (unpaired) electrons. The van der Waals surface area contributed by atoms with E-state index in [2.05, 4.69) is 19.6 Å². The third kappa shape index (κ3) is 21.7. The number of hydrogen-bond donors (Lipinski definition) is 1. The second-order valence-electron chi connectivity index (χ2n) is 6.90. The molecule has 176 valence electrons. The van der Waals surface area contributed by atoms with Crippen molar-refractivity contribution in [3.63, 3.8) is 0 Å². The van der Waals surface area contributed by atoms with E-state index in [4.69, 9.17) is 13.3 Å². The van der Waals surface area contributed by atoms with E-state index in [1.165, 1.54) is 54.8 Å². The van der Waals surface area contributed by atoms with Gasteiger partial charge >= 0.3 is 8.80 Å². The normalized spacial score (nSPS) is 11.3. The Hall–Kier alpha value is 0.684. The first-order chi connectivity index (χ1) is 14.1. The quantitative estimate of drug-likeness (QED) is 0.148. The molecule has 0 amide bonds. The second-order valence-corrected chi connectivity index (χ2v) is 12.2. The zero-order chi connectivity index (χ0) is 22.2. The van der Waals surface area contributed by atoms with Gasteiger partial charge in [-0.15, -0.1) is 0 Å². The monoisotopic (exact) mass is 484 g/mol. The Morgan fingerprint density at radius 3 is 1.83 bits per heavy atom. The minimum atomic E-state index is -2.37. The lowest BCUT2D eigenvalue weighted by Crippen LogP contribution is -2.46. The zero-order valence-electron chi connectivity index (χ0n) is 19.8. The highest BCUT2D eigenvalue weighted by atomic mass is 32.2. The highest BCUT2D eigenvalue weighted by molar-refractivity contribution is 8.13. The van der Waals surface area contributed by atoms with Crippen LogP contribution in [0.15, 0.2) is 0 Å². The van der Waals surface area contributed by atoms with E-state index in [9.17, 15) is 4.79 Å². The Balaban J connectivity index is 0. The van der Waals surface area contributed by atoms with Gasteiger partial charge in [-0.25, -0.2) is 0 Å². The second kappa shape index (κ2) is 24.9. The number of hydrogen-bond acceptors (Lipinski definition) is 6. The van der Waals surface area contributed by atoms with Gasteiger partial charge in [0.25, 0.3) is 0 Å². The average Bonchev–Trinajstić information content (AvgIpc) is 2.71. The average molecular weight is 485 g/mol. The van der Waals surface area contributed by atoms with E-state index < -0.39 is 8.80 Å². The van der Waals surface area contributed by atoms with Crippen molar-refractivity contribution >= 4 is 48.6 Å². The van der Waals surface area contributed by atoms with Crippen LogP contribution in [-0.2, 0) is 18.1 Å². The topological polar surface area (TPSA) is 44.8 Å². The molecular weight excluding hydrogens is 437 g/mol. The van der Waals surface area contributed by atoms with Crippen molar-refractivity contribution in [3.8, 4) is 0 Å². The van der Waals surface area contributed by atoms with Gasteiger partial charge < -0.3 is 13.3 Å². The van der Waals surface area contributed by atoms with Crippen LogP contribution < -0.4 is 0 Å². The van der Waals surface area contributed by atoms with Crippen molar-refractivity contribution in [1.82, 2.24) is 0 Å². The Labute approximate surface area is 195 Å². The molecule has 4 nitrogen and oxygen atoms in total.